The van der Waals surface area contributed by atoms with Crippen molar-refractivity contribution in [3.05, 3.63) is 24.3 Å². The van der Waals surface area contributed by atoms with Gasteiger partial charge in [0.2, 0.25) is 21.8 Å². The summed E-state index contributed by atoms with van der Waals surface area (Å²) in [6.45, 7) is 9.12. The van der Waals surface area contributed by atoms with E-state index in [1.807, 2.05) is 27.8 Å². The van der Waals surface area contributed by atoms with E-state index in [1.54, 1.807) is 29.2 Å². The molecule has 9 heteroatoms. The van der Waals surface area contributed by atoms with E-state index in [1.165, 1.54) is 4.31 Å². The van der Waals surface area contributed by atoms with E-state index in [0.717, 1.165) is 12.8 Å². The number of likely N-dealkylation sites (N-methyl/N-ethyl adjacent to an activating group) is 1. The molecule has 1 unspecified atom stereocenters. The van der Waals surface area contributed by atoms with Crippen LogP contribution in [-0.2, 0) is 19.6 Å². The minimum absolute atomic E-state index is 0.0588. The Labute approximate surface area is 185 Å². The van der Waals surface area contributed by atoms with Crippen molar-refractivity contribution in [3.8, 4) is 0 Å². The summed E-state index contributed by atoms with van der Waals surface area (Å²) in [5.74, 6) is -0.349. The van der Waals surface area contributed by atoms with Gasteiger partial charge in [0.05, 0.1) is 10.8 Å². The molecule has 31 heavy (non-hydrogen) atoms. The molecule has 172 valence electrons. The number of likely N-dealkylation sites (tertiary alicyclic amines) is 1. The summed E-state index contributed by atoms with van der Waals surface area (Å²) in [7, 11) is -1.55. The zero-order chi connectivity index (χ0) is 22.8. The van der Waals surface area contributed by atoms with Crippen molar-refractivity contribution >= 4 is 27.5 Å². The molecule has 0 aromatic heterocycles. The number of amides is 2. The standard InChI is InChI=1S/C22H34N4O4S/c1-22(2,3)21(28)25-11-5-6-17(16-25)20(27)23-18-7-9-19(10-8-18)31(29,30)26-14-12-24(4)13-15-26/h7-10,17H,5-6,11-16H2,1-4H3,(H,23,27). The van der Waals surface area contributed by atoms with E-state index in [2.05, 4.69) is 10.2 Å². The van der Waals surface area contributed by atoms with Crippen LogP contribution in [0, 0.1) is 11.3 Å². The third-order valence-electron chi connectivity index (χ3n) is 5.94. The SMILES string of the molecule is CN1CCN(S(=O)(=O)c2ccc(NC(=O)C3CCCN(C(=O)C(C)(C)C)C3)cc2)CC1. The molecule has 8 nitrogen and oxygen atoms in total. The lowest BCUT2D eigenvalue weighted by molar-refractivity contribution is -0.142. The number of carbonyl (C=O) groups excluding carboxylic acids is 2. The van der Waals surface area contributed by atoms with Crippen molar-refractivity contribution in [2.45, 2.75) is 38.5 Å². The van der Waals surface area contributed by atoms with E-state index in [9.17, 15) is 18.0 Å². The van der Waals surface area contributed by atoms with Crippen molar-refractivity contribution in [2.24, 2.45) is 11.3 Å². The third kappa shape index (κ3) is 5.64. The molecular weight excluding hydrogens is 416 g/mol. The first-order chi connectivity index (χ1) is 14.5. The lowest BCUT2D eigenvalue weighted by Crippen LogP contribution is -2.47. The van der Waals surface area contributed by atoms with Gasteiger partial charge in [-0.15, -0.1) is 0 Å². The van der Waals surface area contributed by atoms with Gasteiger partial charge in [-0.2, -0.15) is 4.31 Å². The van der Waals surface area contributed by atoms with Crippen LogP contribution in [-0.4, -0.2) is 80.7 Å². The maximum atomic E-state index is 12.8. The molecule has 1 aromatic rings. The topological polar surface area (TPSA) is 90.0 Å². The fourth-order valence-corrected chi connectivity index (χ4v) is 5.40. The first-order valence-electron chi connectivity index (χ1n) is 10.9. The number of benzene rings is 1. The lowest BCUT2D eigenvalue weighted by atomic mass is 9.91. The Kier molecular flexibility index (Phi) is 7.08. The average molecular weight is 451 g/mol. The summed E-state index contributed by atoms with van der Waals surface area (Å²) < 4.78 is 27.2. The van der Waals surface area contributed by atoms with E-state index in [-0.39, 0.29) is 22.6 Å². The summed E-state index contributed by atoms with van der Waals surface area (Å²) in [4.78, 5) is 29.4. The van der Waals surface area contributed by atoms with E-state index >= 15 is 0 Å². The van der Waals surface area contributed by atoms with Gasteiger partial charge in [-0.25, -0.2) is 8.42 Å². The van der Waals surface area contributed by atoms with Crippen molar-refractivity contribution in [1.82, 2.24) is 14.1 Å². The number of hydrogen-bond donors (Lipinski definition) is 1. The highest BCUT2D eigenvalue weighted by Gasteiger charge is 2.33. The van der Waals surface area contributed by atoms with Crippen molar-refractivity contribution in [2.75, 3.05) is 51.6 Å². The molecule has 0 bridgehead atoms. The van der Waals surface area contributed by atoms with Crippen molar-refractivity contribution < 1.29 is 18.0 Å². The number of piperazine rings is 1. The van der Waals surface area contributed by atoms with E-state index in [4.69, 9.17) is 0 Å². The van der Waals surface area contributed by atoms with E-state index < -0.39 is 15.4 Å². The monoisotopic (exact) mass is 450 g/mol. The predicted molar refractivity (Wildman–Crippen MR) is 120 cm³/mol. The first kappa shape index (κ1) is 23.7. The molecule has 3 rings (SSSR count). The normalized spacial score (nSPS) is 21.7. The molecule has 2 heterocycles. The smallest absolute Gasteiger partial charge is 0.243 e. The van der Waals surface area contributed by atoms with Gasteiger partial charge < -0.3 is 15.1 Å². The molecule has 1 aromatic carbocycles. The highest BCUT2D eigenvalue weighted by molar-refractivity contribution is 7.89. The first-order valence-corrected chi connectivity index (χ1v) is 12.3. The number of nitrogens with one attached hydrogen (secondary N) is 1. The van der Waals surface area contributed by atoms with Gasteiger partial charge in [0, 0.05) is 50.4 Å². The summed E-state index contributed by atoms with van der Waals surface area (Å²) in [6, 6.07) is 6.34. The number of anilines is 1. The second-order valence-electron chi connectivity index (χ2n) is 9.56. The minimum atomic E-state index is -3.53. The van der Waals surface area contributed by atoms with Gasteiger partial charge in [0.15, 0.2) is 0 Å². The Morgan fingerprint density at radius 2 is 1.61 bits per heavy atom. The molecule has 2 fully saturated rings. The number of piperidine rings is 1. The second-order valence-corrected chi connectivity index (χ2v) is 11.5. The maximum absolute atomic E-state index is 12.8. The Morgan fingerprint density at radius 1 is 1.00 bits per heavy atom. The third-order valence-corrected chi connectivity index (χ3v) is 7.86. The minimum Gasteiger partial charge on any atom is -0.341 e. The molecule has 2 aliphatic heterocycles. The zero-order valence-electron chi connectivity index (χ0n) is 18.9. The molecule has 0 aliphatic carbocycles. The summed E-state index contributed by atoms with van der Waals surface area (Å²) in [6.07, 6.45) is 1.53. The molecule has 1 atom stereocenters. The van der Waals surface area contributed by atoms with Crippen LogP contribution in [0.2, 0.25) is 0 Å². The van der Waals surface area contributed by atoms with Gasteiger partial charge >= 0.3 is 0 Å². The number of rotatable bonds is 4. The highest BCUT2D eigenvalue weighted by Crippen LogP contribution is 2.25. The molecule has 0 spiro atoms. The molecule has 0 radical (unpaired) electrons. The highest BCUT2D eigenvalue weighted by atomic mass is 32.2. The molecule has 0 saturated carbocycles. The van der Waals surface area contributed by atoms with Gasteiger partial charge in [0.25, 0.3) is 0 Å². The van der Waals surface area contributed by atoms with Crippen molar-refractivity contribution in [1.29, 1.82) is 0 Å². The predicted octanol–water partition coefficient (Wildman–Crippen LogP) is 1.85. The Bertz CT molecular complexity index is 900. The number of nitrogens with zero attached hydrogens (tertiary/aromatic N) is 3. The number of sulfonamides is 1. The summed E-state index contributed by atoms with van der Waals surface area (Å²) in [5, 5.41) is 2.88. The Balaban J connectivity index is 1.62. The van der Waals surface area contributed by atoms with Crippen molar-refractivity contribution in [3.63, 3.8) is 0 Å². The largest absolute Gasteiger partial charge is 0.341 e. The molecule has 2 saturated heterocycles. The zero-order valence-corrected chi connectivity index (χ0v) is 19.7. The summed E-state index contributed by atoms with van der Waals surface area (Å²) >= 11 is 0. The van der Waals surface area contributed by atoms with Gasteiger partial charge in [-0.3, -0.25) is 9.59 Å². The van der Waals surface area contributed by atoms with Crippen LogP contribution in [0.15, 0.2) is 29.2 Å². The van der Waals surface area contributed by atoms with Crippen LogP contribution in [0.4, 0.5) is 5.69 Å². The van der Waals surface area contributed by atoms with Gasteiger partial charge in [-0.05, 0) is 44.2 Å². The molecular formula is C22H34N4O4S. The second kappa shape index (κ2) is 9.26. The van der Waals surface area contributed by atoms with Crippen LogP contribution in [0.3, 0.4) is 0 Å². The number of hydrogen-bond acceptors (Lipinski definition) is 5. The molecule has 2 amide bonds. The number of carbonyl (C=O) groups is 2. The Morgan fingerprint density at radius 3 is 2.19 bits per heavy atom. The van der Waals surface area contributed by atoms with Crippen LogP contribution in [0.5, 0.6) is 0 Å². The van der Waals surface area contributed by atoms with Crippen LogP contribution >= 0.6 is 0 Å². The van der Waals surface area contributed by atoms with E-state index in [0.29, 0.717) is 45.0 Å². The van der Waals surface area contributed by atoms with Crippen LogP contribution in [0.1, 0.15) is 33.6 Å². The fraction of sp³-hybridized carbons (Fsp3) is 0.636. The lowest BCUT2D eigenvalue weighted by Gasteiger charge is -2.35. The average Bonchev–Trinajstić information content (AvgIpc) is 2.73. The fourth-order valence-electron chi connectivity index (χ4n) is 3.98. The molecule has 2 aliphatic rings. The maximum Gasteiger partial charge on any atom is 0.243 e. The van der Waals surface area contributed by atoms with Crippen LogP contribution in [0.25, 0.3) is 0 Å². The van der Waals surface area contributed by atoms with Gasteiger partial charge in [0.1, 0.15) is 0 Å². The Hall–Kier alpha value is -1.97. The van der Waals surface area contributed by atoms with Gasteiger partial charge in [-0.1, -0.05) is 20.8 Å². The summed E-state index contributed by atoms with van der Waals surface area (Å²) in [5.41, 5.74) is 0.0882. The van der Waals surface area contributed by atoms with Crippen LogP contribution < -0.4 is 5.32 Å². The quantitative estimate of drug-likeness (QED) is 0.756. The molecule has 1 N–H and O–H groups in total.